The minimum absolute atomic E-state index is 0.0760. The number of aromatic nitrogens is 2. The summed E-state index contributed by atoms with van der Waals surface area (Å²) in [6.45, 7) is 0.945. The van der Waals surface area contributed by atoms with Gasteiger partial charge in [-0.1, -0.05) is 12.1 Å². The third-order valence-corrected chi connectivity index (χ3v) is 3.20. The molecular weight excluding hydrogens is 337 g/mol. The first-order valence-electron chi connectivity index (χ1n) is 7.46. The first-order chi connectivity index (χ1) is 11.9. The number of hydrogen-bond donors (Lipinski definition) is 2. The van der Waals surface area contributed by atoms with Gasteiger partial charge in [0.2, 0.25) is 0 Å². The molecule has 0 radical (unpaired) electrons. The number of nitrogens with zero attached hydrogens (tertiary/aromatic N) is 2. The molecule has 0 unspecified atom stereocenters. The SMILES string of the molecule is COCCCNC(=O)c1ccc(Nc2ccccc2C(F)(F)F)nn1. The van der Waals surface area contributed by atoms with Gasteiger partial charge in [0.05, 0.1) is 11.3 Å². The molecule has 1 aromatic carbocycles. The second kappa shape index (κ2) is 8.43. The van der Waals surface area contributed by atoms with E-state index in [0.717, 1.165) is 6.07 Å². The van der Waals surface area contributed by atoms with E-state index in [1.165, 1.54) is 30.3 Å². The number of hydrogen-bond acceptors (Lipinski definition) is 5. The molecule has 0 saturated heterocycles. The maximum absolute atomic E-state index is 13.0. The highest BCUT2D eigenvalue weighted by Crippen LogP contribution is 2.35. The number of para-hydroxylation sites is 1. The average molecular weight is 354 g/mol. The third kappa shape index (κ3) is 5.42. The quantitative estimate of drug-likeness (QED) is 0.748. The number of rotatable bonds is 7. The van der Waals surface area contributed by atoms with Crippen molar-refractivity contribution in [3.8, 4) is 0 Å². The minimum atomic E-state index is -4.49. The molecule has 0 bridgehead atoms. The Balaban J connectivity index is 2.03. The normalized spacial score (nSPS) is 11.2. The summed E-state index contributed by atoms with van der Waals surface area (Å²) >= 11 is 0. The van der Waals surface area contributed by atoms with Gasteiger partial charge in [0.25, 0.3) is 5.91 Å². The van der Waals surface area contributed by atoms with Crippen molar-refractivity contribution in [1.82, 2.24) is 15.5 Å². The van der Waals surface area contributed by atoms with Crippen molar-refractivity contribution >= 4 is 17.4 Å². The van der Waals surface area contributed by atoms with Gasteiger partial charge >= 0.3 is 6.18 Å². The van der Waals surface area contributed by atoms with Crippen LogP contribution < -0.4 is 10.6 Å². The van der Waals surface area contributed by atoms with Crippen LogP contribution in [0.5, 0.6) is 0 Å². The molecule has 25 heavy (non-hydrogen) atoms. The summed E-state index contributed by atoms with van der Waals surface area (Å²) in [5, 5.41) is 12.7. The molecular formula is C16H17F3N4O2. The molecule has 0 saturated carbocycles. The van der Waals surface area contributed by atoms with Gasteiger partial charge in [0.15, 0.2) is 11.5 Å². The lowest BCUT2D eigenvalue weighted by Crippen LogP contribution is -2.26. The van der Waals surface area contributed by atoms with Crippen LogP contribution in [0.2, 0.25) is 0 Å². The molecule has 2 aromatic rings. The van der Waals surface area contributed by atoms with E-state index in [1.807, 2.05) is 0 Å². The van der Waals surface area contributed by atoms with Gasteiger partial charge in [0, 0.05) is 20.3 Å². The second-order valence-corrected chi connectivity index (χ2v) is 5.07. The van der Waals surface area contributed by atoms with Gasteiger partial charge in [0.1, 0.15) is 0 Å². The van der Waals surface area contributed by atoms with Crippen LogP contribution >= 0.6 is 0 Å². The predicted octanol–water partition coefficient (Wildman–Crippen LogP) is 3.01. The van der Waals surface area contributed by atoms with Gasteiger partial charge in [-0.05, 0) is 30.7 Å². The Morgan fingerprint density at radius 3 is 2.56 bits per heavy atom. The van der Waals surface area contributed by atoms with Crippen LogP contribution in [0.3, 0.4) is 0 Å². The number of benzene rings is 1. The molecule has 0 spiro atoms. The summed E-state index contributed by atoms with van der Waals surface area (Å²) in [7, 11) is 1.57. The number of halogens is 3. The number of anilines is 2. The minimum Gasteiger partial charge on any atom is -0.385 e. The molecule has 1 amide bonds. The number of carbonyl (C=O) groups is 1. The molecule has 2 rings (SSSR count). The number of methoxy groups -OCH3 is 1. The van der Waals surface area contributed by atoms with E-state index < -0.39 is 17.6 Å². The van der Waals surface area contributed by atoms with Crippen LogP contribution in [0, 0.1) is 0 Å². The van der Waals surface area contributed by atoms with Gasteiger partial charge in [-0.2, -0.15) is 13.2 Å². The Labute approximate surface area is 142 Å². The topological polar surface area (TPSA) is 76.1 Å². The molecule has 134 valence electrons. The van der Waals surface area contributed by atoms with Crippen molar-refractivity contribution < 1.29 is 22.7 Å². The van der Waals surface area contributed by atoms with Crippen molar-refractivity contribution in [2.24, 2.45) is 0 Å². The van der Waals surface area contributed by atoms with Gasteiger partial charge < -0.3 is 15.4 Å². The number of amides is 1. The molecule has 0 fully saturated rings. The van der Waals surface area contributed by atoms with Crippen molar-refractivity contribution in [3.63, 3.8) is 0 Å². The van der Waals surface area contributed by atoms with E-state index in [0.29, 0.717) is 19.6 Å². The lowest BCUT2D eigenvalue weighted by molar-refractivity contribution is -0.136. The van der Waals surface area contributed by atoms with Crippen LogP contribution in [0.1, 0.15) is 22.5 Å². The molecule has 0 aliphatic heterocycles. The number of alkyl halides is 3. The van der Waals surface area contributed by atoms with Gasteiger partial charge in [-0.25, -0.2) is 0 Å². The Bertz CT molecular complexity index is 705. The Morgan fingerprint density at radius 1 is 1.16 bits per heavy atom. The van der Waals surface area contributed by atoms with E-state index in [9.17, 15) is 18.0 Å². The van der Waals surface area contributed by atoms with E-state index in [1.54, 1.807) is 7.11 Å². The summed E-state index contributed by atoms with van der Waals surface area (Å²) in [6.07, 6.45) is -3.83. The molecule has 0 aliphatic rings. The standard InChI is InChI=1S/C16H17F3N4O2/c1-25-10-4-9-20-15(24)13-7-8-14(23-22-13)21-12-6-3-2-5-11(12)16(17,18)19/h2-3,5-8H,4,9-10H2,1H3,(H,20,24)(H,21,23). The smallest absolute Gasteiger partial charge is 0.385 e. The van der Waals surface area contributed by atoms with Gasteiger partial charge in [-0.15, -0.1) is 10.2 Å². The largest absolute Gasteiger partial charge is 0.418 e. The van der Waals surface area contributed by atoms with Crippen LogP contribution in [0.4, 0.5) is 24.7 Å². The zero-order chi connectivity index (χ0) is 18.3. The summed E-state index contributed by atoms with van der Waals surface area (Å²) in [6, 6.07) is 7.82. The molecule has 2 N–H and O–H groups in total. The number of ether oxygens (including phenoxy) is 1. The fraction of sp³-hybridized carbons (Fsp3) is 0.312. The fourth-order valence-corrected chi connectivity index (χ4v) is 2.01. The molecule has 0 aliphatic carbocycles. The maximum Gasteiger partial charge on any atom is 0.418 e. The van der Waals surface area contributed by atoms with Crippen molar-refractivity contribution in [2.45, 2.75) is 12.6 Å². The summed E-state index contributed by atoms with van der Waals surface area (Å²) in [4.78, 5) is 11.8. The van der Waals surface area contributed by atoms with Gasteiger partial charge in [-0.3, -0.25) is 4.79 Å². The van der Waals surface area contributed by atoms with Crippen molar-refractivity contribution in [2.75, 3.05) is 25.6 Å². The summed E-state index contributed by atoms with van der Waals surface area (Å²) < 4.78 is 43.7. The molecule has 0 atom stereocenters. The van der Waals surface area contributed by atoms with Crippen LogP contribution in [-0.4, -0.2) is 36.4 Å². The Kier molecular flexibility index (Phi) is 6.29. The zero-order valence-electron chi connectivity index (χ0n) is 13.4. The molecule has 1 aromatic heterocycles. The second-order valence-electron chi connectivity index (χ2n) is 5.07. The first-order valence-corrected chi connectivity index (χ1v) is 7.46. The Morgan fingerprint density at radius 2 is 1.92 bits per heavy atom. The van der Waals surface area contributed by atoms with Crippen molar-refractivity contribution in [1.29, 1.82) is 0 Å². The predicted molar refractivity (Wildman–Crippen MR) is 85.6 cm³/mol. The lowest BCUT2D eigenvalue weighted by atomic mass is 10.1. The molecule has 1 heterocycles. The maximum atomic E-state index is 13.0. The highest BCUT2D eigenvalue weighted by atomic mass is 19.4. The highest BCUT2D eigenvalue weighted by Gasteiger charge is 2.33. The Hall–Kier alpha value is -2.68. The lowest BCUT2D eigenvalue weighted by Gasteiger charge is -2.13. The fourth-order valence-electron chi connectivity index (χ4n) is 2.01. The zero-order valence-corrected chi connectivity index (χ0v) is 13.4. The number of carbonyl (C=O) groups excluding carboxylic acids is 1. The number of nitrogens with one attached hydrogen (secondary N) is 2. The van der Waals surface area contributed by atoms with Crippen LogP contribution in [-0.2, 0) is 10.9 Å². The van der Waals surface area contributed by atoms with Crippen molar-refractivity contribution in [3.05, 3.63) is 47.7 Å². The van der Waals surface area contributed by atoms with Crippen LogP contribution in [0.25, 0.3) is 0 Å². The summed E-state index contributed by atoms with van der Waals surface area (Å²) in [5.41, 5.74) is -0.870. The average Bonchev–Trinajstić information content (AvgIpc) is 2.59. The van der Waals surface area contributed by atoms with E-state index in [2.05, 4.69) is 20.8 Å². The van der Waals surface area contributed by atoms with E-state index >= 15 is 0 Å². The monoisotopic (exact) mass is 354 g/mol. The molecule has 6 nitrogen and oxygen atoms in total. The van der Waals surface area contributed by atoms with E-state index in [-0.39, 0.29) is 17.2 Å². The van der Waals surface area contributed by atoms with Crippen LogP contribution in [0.15, 0.2) is 36.4 Å². The highest BCUT2D eigenvalue weighted by molar-refractivity contribution is 5.92. The summed E-state index contributed by atoms with van der Waals surface area (Å²) in [5.74, 6) is -0.307. The first kappa shape index (κ1) is 18.7. The third-order valence-electron chi connectivity index (χ3n) is 3.20. The molecule has 9 heteroatoms. The van der Waals surface area contributed by atoms with E-state index in [4.69, 9.17) is 4.74 Å².